The quantitative estimate of drug-likeness (QED) is 0.907. The fourth-order valence-corrected chi connectivity index (χ4v) is 2.16. The van der Waals surface area contributed by atoms with E-state index < -0.39 is 5.60 Å². The zero-order valence-corrected chi connectivity index (χ0v) is 11.7. The number of hydrogen-bond acceptors (Lipinski definition) is 2. The number of benzene rings is 2. The van der Waals surface area contributed by atoms with Crippen LogP contribution in [-0.4, -0.2) is 12.2 Å². The molecule has 100 valence electrons. The van der Waals surface area contributed by atoms with Crippen LogP contribution in [0.5, 0.6) is 5.75 Å². The third-order valence-corrected chi connectivity index (χ3v) is 3.56. The fraction of sp³-hybridized carbons (Fsp3) is 0.294. The molecule has 2 aromatic rings. The molecule has 0 amide bonds. The Kier molecular flexibility index (Phi) is 3.91. The van der Waals surface area contributed by atoms with Crippen molar-refractivity contribution < 1.29 is 9.84 Å². The van der Waals surface area contributed by atoms with Gasteiger partial charge in [-0.15, -0.1) is 0 Å². The van der Waals surface area contributed by atoms with E-state index in [1.54, 1.807) is 7.11 Å². The lowest BCUT2D eigenvalue weighted by molar-refractivity contribution is 0.102. The highest BCUT2D eigenvalue weighted by atomic mass is 16.5. The molecule has 0 aromatic heterocycles. The van der Waals surface area contributed by atoms with Crippen molar-refractivity contribution in [3.8, 4) is 5.75 Å². The number of aliphatic hydroxyl groups is 1. The molecule has 2 heteroatoms. The number of hydrogen-bond donors (Lipinski definition) is 1. The lowest BCUT2D eigenvalue weighted by Gasteiger charge is -2.25. The van der Waals surface area contributed by atoms with E-state index in [-0.39, 0.29) is 0 Å². The fourth-order valence-electron chi connectivity index (χ4n) is 2.16. The second-order valence-corrected chi connectivity index (χ2v) is 4.85. The van der Waals surface area contributed by atoms with Gasteiger partial charge in [0.15, 0.2) is 0 Å². The first-order chi connectivity index (χ1) is 9.07. The smallest absolute Gasteiger partial charge is 0.119 e. The van der Waals surface area contributed by atoms with Gasteiger partial charge in [0.2, 0.25) is 0 Å². The molecule has 0 aliphatic carbocycles. The van der Waals surface area contributed by atoms with E-state index in [0.29, 0.717) is 0 Å². The minimum absolute atomic E-state index is 0.753. The van der Waals surface area contributed by atoms with E-state index in [0.717, 1.165) is 23.3 Å². The third-order valence-electron chi connectivity index (χ3n) is 3.56. The molecule has 2 rings (SSSR count). The Morgan fingerprint density at radius 2 is 1.74 bits per heavy atom. The second-order valence-electron chi connectivity index (χ2n) is 4.85. The highest BCUT2D eigenvalue weighted by Crippen LogP contribution is 2.31. The Balaban J connectivity index is 2.38. The van der Waals surface area contributed by atoms with E-state index in [1.807, 2.05) is 43.3 Å². The van der Waals surface area contributed by atoms with E-state index in [4.69, 9.17) is 4.74 Å². The van der Waals surface area contributed by atoms with Crippen LogP contribution in [0.1, 0.15) is 30.5 Å². The van der Waals surface area contributed by atoms with Crippen LogP contribution in [0.2, 0.25) is 0 Å². The lowest BCUT2D eigenvalue weighted by atomic mass is 9.87. The molecule has 0 saturated heterocycles. The van der Waals surface area contributed by atoms with Crippen LogP contribution in [0.3, 0.4) is 0 Å². The summed E-state index contributed by atoms with van der Waals surface area (Å²) in [5, 5.41) is 10.8. The van der Waals surface area contributed by atoms with Gasteiger partial charge in [0, 0.05) is 0 Å². The Labute approximate surface area is 114 Å². The van der Waals surface area contributed by atoms with Gasteiger partial charge in [-0.05, 0) is 42.2 Å². The van der Waals surface area contributed by atoms with E-state index in [1.165, 1.54) is 5.56 Å². The van der Waals surface area contributed by atoms with E-state index in [2.05, 4.69) is 19.1 Å². The molecular formula is C17H20O2. The summed E-state index contributed by atoms with van der Waals surface area (Å²) in [6.07, 6.45) is 1.00. The maximum Gasteiger partial charge on any atom is 0.119 e. The molecule has 1 atom stereocenters. The van der Waals surface area contributed by atoms with Gasteiger partial charge in [-0.1, -0.05) is 43.3 Å². The first-order valence-corrected chi connectivity index (χ1v) is 6.54. The predicted molar refractivity (Wildman–Crippen MR) is 77.5 cm³/mol. The van der Waals surface area contributed by atoms with Crippen LogP contribution >= 0.6 is 0 Å². The molecule has 2 nitrogen and oxygen atoms in total. The van der Waals surface area contributed by atoms with Crippen LogP contribution in [0.25, 0.3) is 0 Å². The topological polar surface area (TPSA) is 29.5 Å². The molecule has 0 bridgehead atoms. The molecule has 0 radical (unpaired) electrons. The third kappa shape index (κ3) is 2.79. The summed E-state index contributed by atoms with van der Waals surface area (Å²) >= 11 is 0. The van der Waals surface area contributed by atoms with Crippen molar-refractivity contribution in [1.82, 2.24) is 0 Å². The van der Waals surface area contributed by atoms with Crippen LogP contribution in [0.15, 0.2) is 48.5 Å². The molecule has 1 N–H and O–H groups in total. The molecule has 0 aliphatic rings. The summed E-state index contributed by atoms with van der Waals surface area (Å²) in [5.41, 5.74) is 1.97. The first kappa shape index (κ1) is 13.6. The molecule has 0 fully saturated rings. The van der Waals surface area contributed by atoms with Crippen LogP contribution in [-0.2, 0) is 12.0 Å². The summed E-state index contributed by atoms with van der Waals surface area (Å²) < 4.78 is 5.21. The van der Waals surface area contributed by atoms with E-state index in [9.17, 15) is 5.11 Å². The largest absolute Gasteiger partial charge is 0.497 e. The molecular weight excluding hydrogens is 236 g/mol. The van der Waals surface area contributed by atoms with Crippen molar-refractivity contribution in [2.45, 2.75) is 25.9 Å². The zero-order chi connectivity index (χ0) is 13.9. The standard InChI is InChI=1S/C17H20O2/c1-4-13-8-10-14(11-9-13)17(2,18)15-6-5-7-16(12-15)19-3/h5-12,18H,4H2,1-3H3. The van der Waals surface area contributed by atoms with E-state index >= 15 is 0 Å². The minimum atomic E-state index is -1.01. The van der Waals surface area contributed by atoms with Crippen molar-refractivity contribution in [2.24, 2.45) is 0 Å². The lowest BCUT2D eigenvalue weighted by Crippen LogP contribution is -2.22. The van der Waals surface area contributed by atoms with Gasteiger partial charge in [-0.2, -0.15) is 0 Å². The summed E-state index contributed by atoms with van der Waals surface area (Å²) in [6.45, 7) is 3.93. The van der Waals surface area contributed by atoms with Gasteiger partial charge < -0.3 is 9.84 Å². The molecule has 2 aromatic carbocycles. The molecule has 1 unspecified atom stereocenters. The van der Waals surface area contributed by atoms with Gasteiger partial charge in [-0.25, -0.2) is 0 Å². The van der Waals surface area contributed by atoms with Crippen molar-refractivity contribution in [3.63, 3.8) is 0 Å². The summed E-state index contributed by atoms with van der Waals surface area (Å²) in [5.74, 6) is 0.753. The highest BCUT2D eigenvalue weighted by molar-refractivity contribution is 5.40. The zero-order valence-electron chi connectivity index (χ0n) is 11.7. The Morgan fingerprint density at radius 1 is 1.05 bits per heavy atom. The van der Waals surface area contributed by atoms with Crippen LogP contribution in [0.4, 0.5) is 0 Å². The van der Waals surface area contributed by atoms with Crippen LogP contribution in [0, 0.1) is 0 Å². The number of methoxy groups -OCH3 is 1. The molecule has 0 aliphatic heterocycles. The monoisotopic (exact) mass is 256 g/mol. The van der Waals surface area contributed by atoms with Gasteiger partial charge in [-0.3, -0.25) is 0 Å². The highest BCUT2D eigenvalue weighted by Gasteiger charge is 2.25. The Morgan fingerprint density at radius 3 is 2.32 bits per heavy atom. The normalized spacial score (nSPS) is 13.9. The Bertz CT molecular complexity index is 541. The van der Waals surface area contributed by atoms with Crippen molar-refractivity contribution in [1.29, 1.82) is 0 Å². The SMILES string of the molecule is CCc1ccc(C(C)(O)c2cccc(OC)c2)cc1. The second kappa shape index (κ2) is 5.45. The molecule has 0 heterocycles. The molecule has 0 saturated carbocycles. The van der Waals surface area contributed by atoms with Gasteiger partial charge >= 0.3 is 0 Å². The number of ether oxygens (including phenoxy) is 1. The molecule has 0 spiro atoms. The first-order valence-electron chi connectivity index (χ1n) is 6.54. The van der Waals surface area contributed by atoms with Gasteiger partial charge in [0.25, 0.3) is 0 Å². The maximum atomic E-state index is 10.8. The van der Waals surface area contributed by atoms with Gasteiger partial charge in [0.1, 0.15) is 11.4 Å². The summed E-state index contributed by atoms with van der Waals surface area (Å²) in [4.78, 5) is 0. The molecule has 19 heavy (non-hydrogen) atoms. The van der Waals surface area contributed by atoms with Gasteiger partial charge in [0.05, 0.1) is 7.11 Å². The predicted octanol–water partition coefficient (Wildman–Crippen LogP) is 3.51. The summed E-state index contributed by atoms with van der Waals surface area (Å²) in [7, 11) is 1.63. The number of rotatable bonds is 4. The van der Waals surface area contributed by atoms with Crippen molar-refractivity contribution >= 4 is 0 Å². The van der Waals surface area contributed by atoms with Crippen LogP contribution < -0.4 is 4.74 Å². The average molecular weight is 256 g/mol. The summed E-state index contributed by atoms with van der Waals surface area (Å²) in [6, 6.07) is 15.6. The Hall–Kier alpha value is -1.80. The minimum Gasteiger partial charge on any atom is -0.497 e. The average Bonchev–Trinajstić information content (AvgIpc) is 2.47. The van der Waals surface area contributed by atoms with Crippen molar-refractivity contribution in [2.75, 3.05) is 7.11 Å². The maximum absolute atomic E-state index is 10.8. The van der Waals surface area contributed by atoms with Crippen molar-refractivity contribution in [3.05, 3.63) is 65.2 Å². The number of aryl methyl sites for hydroxylation is 1.